The number of nitrogens with zero attached hydrogens (tertiary/aromatic N) is 2. The maximum Gasteiger partial charge on any atom is 0.217 e. The quantitative estimate of drug-likeness (QED) is 0.712. The Hall–Kier alpha value is -2.83. The Bertz CT molecular complexity index is 886. The van der Waals surface area contributed by atoms with Gasteiger partial charge in [0, 0.05) is 26.0 Å². The van der Waals surface area contributed by atoms with Crippen molar-refractivity contribution in [3.8, 4) is 11.6 Å². The molecule has 1 aromatic carbocycles. The molecule has 2 aliphatic rings. The standard InChI is InChI=1S/C23H28FN3O3/c1-15(26-16(2)28)18-5-7-19(8-6-18)30-20-9-10-27(13-20)22-11-23(25-12-21(22)24)29-14-17-3-4-17/h5-8,11-12,15,17,20H,3-4,9-10,13-14H2,1-2H3,(H,26,28)/t15-,20?/m0/s1. The average molecular weight is 413 g/mol. The minimum Gasteiger partial charge on any atom is -0.489 e. The molecule has 6 nitrogen and oxygen atoms in total. The Morgan fingerprint density at radius 3 is 2.77 bits per heavy atom. The number of nitrogens with one attached hydrogen (secondary N) is 1. The average Bonchev–Trinajstić information content (AvgIpc) is 3.44. The predicted octanol–water partition coefficient (Wildman–Crippen LogP) is 3.86. The molecule has 1 aliphatic heterocycles. The summed E-state index contributed by atoms with van der Waals surface area (Å²) in [5.74, 6) is 1.47. The van der Waals surface area contributed by atoms with E-state index in [0.29, 0.717) is 37.2 Å². The number of hydrogen-bond acceptors (Lipinski definition) is 5. The van der Waals surface area contributed by atoms with E-state index in [1.165, 1.54) is 26.0 Å². The van der Waals surface area contributed by atoms with E-state index in [1.807, 2.05) is 36.1 Å². The van der Waals surface area contributed by atoms with E-state index in [2.05, 4.69) is 10.3 Å². The first kappa shape index (κ1) is 20.4. The third kappa shape index (κ3) is 5.20. The van der Waals surface area contributed by atoms with Crippen LogP contribution < -0.4 is 19.7 Å². The van der Waals surface area contributed by atoms with E-state index in [1.54, 1.807) is 6.07 Å². The molecule has 1 unspecified atom stereocenters. The second-order valence-corrected chi connectivity index (χ2v) is 8.19. The van der Waals surface area contributed by atoms with Gasteiger partial charge in [-0.25, -0.2) is 9.37 Å². The number of halogens is 1. The highest BCUT2D eigenvalue weighted by Crippen LogP contribution is 2.31. The smallest absolute Gasteiger partial charge is 0.217 e. The summed E-state index contributed by atoms with van der Waals surface area (Å²) < 4.78 is 26.2. The molecule has 1 amide bonds. The van der Waals surface area contributed by atoms with Crippen molar-refractivity contribution in [2.75, 3.05) is 24.6 Å². The van der Waals surface area contributed by atoms with Gasteiger partial charge in [-0.1, -0.05) is 12.1 Å². The molecule has 30 heavy (non-hydrogen) atoms. The summed E-state index contributed by atoms with van der Waals surface area (Å²) in [4.78, 5) is 17.2. The highest BCUT2D eigenvalue weighted by molar-refractivity contribution is 5.73. The Morgan fingerprint density at radius 1 is 1.30 bits per heavy atom. The molecule has 7 heteroatoms. The molecule has 1 saturated heterocycles. The van der Waals surface area contributed by atoms with Crippen molar-refractivity contribution < 1.29 is 18.7 Å². The van der Waals surface area contributed by atoms with Gasteiger partial charge in [0.2, 0.25) is 11.8 Å². The van der Waals surface area contributed by atoms with Crippen LogP contribution in [0.2, 0.25) is 0 Å². The van der Waals surface area contributed by atoms with Crippen LogP contribution in [0, 0.1) is 11.7 Å². The lowest BCUT2D eigenvalue weighted by atomic mass is 10.1. The fraction of sp³-hybridized carbons (Fsp3) is 0.478. The molecule has 4 rings (SSSR count). The fourth-order valence-electron chi connectivity index (χ4n) is 3.68. The van der Waals surface area contributed by atoms with Crippen LogP contribution in [0.3, 0.4) is 0 Å². The van der Waals surface area contributed by atoms with Crippen LogP contribution in [-0.4, -0.2) is 36.7 Å². The van der Waals surface area contributed by atoms with Gasteiger partial charge in [0.15, 0.2) is 5.82 Å². The van der Waals surface area contributed by atoms with E-state index in [4.69, 9.17) is 9.47 Å². The molecular formula is C23H28FN3O3. The van der Waals surface area contributed by atoms with E-state index in [-0.39, 0.29) is 23.9 Å². The lowest BCUT2D eigenvalue weighted by Gasteiger charge is -2.20. The zero-order valence-corrected chi connectivity index (χ0v) is 17.4. The maximum absolute atomic E-state index is 14.4. The van der Waals surface area contributed by atoms with Crippen LogP contribution >= 0.6 is 0 Å². The SMILES string of the molecule is CC(=O)N[C@@H](C)c1ccc(OC2CCN(c3cc(OCC4CC4)ncc3F)C2)cc1. The number of carbonyl (C=O) groups is 1. The van der Waals surface area contributed by atoms with Crippen LogP contribution in [0.15, 0.2) is 36.5 Å². The fourth-order valence-corrected chi connectivity index (χ4v) is 3.68. The number of amides is 1. The molecule has 2 fully saturated rings. The van der Waals surface area contributed by atoms with Gasteiger partial charge in [0.25, 0.3) is 0 Å². The topological polar surface area (TPSA) is 63.7 Å². The van der Waals surface area contributed by atoms with Crippen molar-refractivity contribution in [1.82, 2.24) is 10.3 Å². The van der Waals surface area contributed by atoms with Gasteiger partial charge < -0.3 is 19.7 Å². The van der Waals surface area contributed by atoms with E-state index >= 15 is 0 Å². The van der Waals surface area contributed by atoms with Crippen molar-refractivity contribution in [3.63, 3.8) is 0 Å². The van der Waals surface area contributed by atoms with Gasteiger partial charge in [0.1, 0.15) is 11.9 Å². The Balaban J connectivity index is 1.34. The van der Waals surface area contributed by atoms with Crippen LogP contribution in [-0.2, 0) is 4.79 Å². The molecular weight excluding hydrogens is 385 g/mol. The number of pyridine rings is 1. The third-order valence-electron chi connectivity index (χ3n) is 5.56. The van der Waals surface area contributed by atoms with Crippen molar-refractivity contribution >= 4 is 11.6 Å². The van der Waals surface area contributed by atoms with Crippen LogP contribution in [0.5, 0.6) is 11.6 Å². The zero-order valence-electron chi connectivity index (χ0n) is 17.4. The largest absolute Gasteiger partial charge is 0.489 e. The molecule has 1 N–H and O–H groups in total. The summed E-state index contributed by atoms with van der Waals surface area (Å²) in [5.41, 5.74) is 1.53. The number of benzene rings is 1. The molecule has 0 bridgehead atoms. The van der Waals surface area contributed by atoms with Crippen molar-refractivity contribution in [1.29, 1.82) is 0 Å². The molecule has 1 aliphatic carbocycles. The van der Waals surface area contributed by atoms with Crippen LogP contribution in [0.1, 0.15) is 44.7 Å². The van der Waals surface area contributed by atoms with Gasteiger partial charge in [0.05, 0.1) is 31.1 Å². The van der Waals surface area contributed by atoms with Gasteiger partial charge >= 0.3 is 0 Å². The summed E-state index contributed by atoms with van der Waals surface area (Å²) in [6, 6.07) is 9.37. The summed E-state index contributed by atoms with van der Waals surface area (Å²) in [7, 11) is 0. The highest BCUT2D eigenvalue weighted by atomic mass is 19.1. The molecule has 2 heterocycles. The monoisotopic (exact) mass is 413 g/mol. The minimum atomic E-state index is -0.342. The van der Waals surface area contributed by atoms with E-state index in [0.717, 1.165) is 17.7 Å². The first-order chi connectivity index (χ1) is 14.5. The normalized spacial score (nSPS) is 19.4. The summed E-state index contributed by atoms with van der Waals surface area (Å²) in [5, 5.41) is 2.87. The first-order valence-corrected chi connectivity index (χ1v) is 10.5. The molecule has 0 radical (unpaired) electrons. The predicted molar refractivity (Wildman–Crippen MR) is 112 cm³/mol. The van der Waals surface area contributed by atoms with E-state index in [9.17, 15) is 9.18 Å². The Labute approximate surface area is 176 Å². The molecule has 0 spiro atoms. The molecule has 1 saturated carbocycles. The zero-order chi connectivity index (χ0) is 21.1. The number of anilines is 1. The molecule has 160 valence electrons. The van der Waals surface area contributed by atoms with E-state index < -0.39 is 0 Å². The summed E-state index contributed by atoms with van der Waals surface area (Å²) in [6.07, 6.45) is 4.43. The Kier molecular flexibility index (Phi) is 6.06. The molecule has 2 atom stereocenters. The van der Waals surface area contributed by atoms with Gasteiger partial charge in [-0.05, 0) is 43.4 Å². The molecule has 2 aromatic rings. The van der Waals surface area contributed by atoms with Gasteiger partial charge in [-0.3, -0.25) is 4.79 Å². The maximum atomic E-state index is 14.4. The lowest BCUT2D eigenvalue weighted by Crippen LogP contribution is -2.25. The highest BCUT2D eigenvalue weighted by Gasteiger charge is 2.27. The van der Waals surface area contributed by atoms with Crippen molar-refractivity contribution in [2.24, 2.45) is 5.92 Å². The number of rotatable bonds is 8. The minimum absolute atomic E-state index is 0.0213. The second-order valence-electron chi connectivity index (χ2n) is 8.19. The third-order valence-corrected chi connectivity index (χ3v) is 5.56. The summed E-state index contributed by atoms with van der Waals surface area (Å²) >= 11 is 0. The summed E-state index contributed by atoms with van der Waals surface area (Å²) in [6.45, 7) is 5.42. The van der Waals surface area contributed by atoms with Crippen LogP contribution in [0.25, 0.3) is 0 Å². The van der Waals surface area contributed by atoms with Crippen molar-refractivity contribution in [2.45, 2.75) is 45.3 Å². The number of aromatic nitrogens is 1. The van der Waals surface area contributed by atoms with Crippen LogP contribution in [0.4, 0.5) is 10.1 Å². The Morgan fingerprint density at radius 2 is 2.07 bits per heavy atom. The number of hydrogen-bond donors (Lipinski definition) is 1. The van der Waals surface area contributed by atoms with Gasteiger partial charge in [-0.15, -0.1) is 0 Å². The molecule has 1 aromatic heterocycles. The first-order valence-electron chi connectivity index (χ1n) is 10.5. The number of ether oxygens (including phenoxy) is 2. The lowest BCUT2D eigenvalue weighted by molar-refractivity contribution is -0.119. The van der Waals surface area contributed by atoms with Crippen molar-refractivity contribution in [3.05, 3.63) is 47.9 Å². The second kappa shape index (κ2) is 8.90. The number of carbonyl (C=O) groups excluding carboxylic acids is 1. The van der Waals surface area contributed by atoms with Gasteiger partial charge in [-0.2, -0.15) is 0 Å².